The van der Waals surface area contributed by atoms with Crippen molar-refractivity contribution in [1.29, 1.82) is 0 Å². The van der Waals surface area contributed by atoms with E-state index in [1.807, 2.05) is 24.3 Å². The van der Waals surface area contributed by atoms with E-state index in [0.717, 1.165) is 10.2 Å². The quantitative estimate of drug-likeness (QED) is 0.896. The first kappa shape index (κ1) is 10.5. The zero-order chi connectivity index (χ0) is 11.1. The number of anilines is 1. The third-order valence-corrected chi connectivity index (χ3v) is 3.26. The molecule has 0 spiro atoms. The van der Waals surface area contributed by atoms with Gasteiger partial charge in [-0.2, -0.15) is 0 Å². The fraction of sp³-hybridized carbons (Fsp3) is 0.364. The monoisotopic (exact) mass is 269 g/mol. The lowest BCUT2D eigenvalue weighted by Gasteiger charge is -2.46. The van der Waals surface area contributed by atoms with Crippen molar-refractivity contribution in [1.82, 2.24) is 0 Å². The van der Waals surface area contributed by atoms with Gasteiger partial charge in [0.05, 0.1) is 5.41 Å². The lowest BCUT2D eigenvalue weighted by atomic mass is 9.82. The molecule has 1 aliphatic rings. The Bertz CT molecular complexity index is 399. The second-order valence-corrected chi connectivity index (χ2v) is 5.12. The largest absolute Gasteiger partial charge is 0.481 e. The van der Waals surface area contributed by atoms with Crippen LogP contribution in [0.15, 0.2) is 28.7 Å². The van der Waals surface area contributed by atoms with Crippen LogP contribution in [0, 0.1) is 5.41 Å². The summed E-state index contributed by atoms with van der Waals surface area (Å²) in [4.78, 5) is 13.0. The molecular weight excluding hydrogens is 258 g/mol. The Morgan fingerprint density at radius 2 is 2.20 bits per heavy atom. The van der Waals surface area contributed by atoms with Gasteiger partial charge < -0.3 is 10.0 Å². The van der Waals surface area contributed by atoms with Gasteiger partial charge in [0, 0.05) is 23.2 Å². The second-order valence-electron chi connectivity index (χ2n) is 4.20. The number of aliphatic carboxylic acids is 1. The maximum Gasteiger partial charge on any atom is 0.312 e. The summed E-state index contributed by atoms with van der Waals surface area (Å²) in [6.45, 7) is 2.95. The third kappa shape index (κ3) is 1.86. The molecule has 1 aliphatic heterocycles. The Labute approximate surface area is 96.8 Å². The van der Waals surface area contributed by atoms with Gasteiger partial charge in [-0.3, -0.25) is 4.79 Å². The van der Waals surface area contributed by atoms with Crippen LogP contribution in [0.3, 0.4) is 0 Å². The summed E-state index contributed by atoms with van der Waals surface area (Å²) in [6, 6.07) is 7.91. The van der Waals surface area contributed by atoms with E-state index in [-0.39, 0.29) is 0 Å². The van der Waals surface area contributed by atoms with Crippen LogP contribution in [0.4, 0.5) is 5.69 Å². The van der Waals surface area contributed by atoms with Crippen molar-refractivity contribution in [2.75, 3.05) is 18.0 Å². The van der Waals surface area contributed by atoms with E-state index in [1.54, 1.807) is 6.92 Å². The van der Waals surface area contributed by atoms with Gasteiger partial charge in [0.15, 0.2) is 0 Å². The summed E-state index contributed by atoms with van der Waals surface area (Å²) in [5.74, 6) is -0.714. The average molecular weight is 270 g/mol. The molecule has 15 heavy (non-hydrogen) atoms. The molecule has 80 valence electrons. The number of benzene rings is 1. The fourth-order valence-electron chi connectivity index (χ4n) is 1.79. The lowest BCUT2D eigenvalue weighted by Crippen LogP contribution is -2.59. The van der Waals surface area contributed by atoms with Gasteiger partial charge in [-0.05, 0) is 25.1 Å². The van der Waals surface area contributed by atoms with Crippen molar-refractivity contribution >= 4 is 27.6 Å². The van der Waals surface area contributed by atoms with Crippen LogP contribution >= 0.6 is 15.9 Å². The molecule has 1 saturated heterocycles. The predicted molar refractivity (Wildman–Crippen MR) is 62.1 cm³/mol. The average Bonchev–Trinajstić information content (AvgIpc) is 2.12. The van der Waals surface area contributed by atoms with Gasteiger partial charge in [0.25, 0.3) is 0 Å². The summed E-state index contributed by atoms with van der Waals surface area (Å²) >= 11 is 3.40. The first-order valence-corrected chi connectivity index (χ1v) is 5.54. The normalized spacial score (nSPS) is 18.4. The molecule has 0 atom stereocenters. The SMILES string of the molecule is CC1(C(=O)O)CN(c2cccc(Br)c2)C1. The summed E-state index contributed by atoms with van der Waals surface area (Å²) in [5.41, 5.74) is 0.491. The third-order valence-electron chi connectivity index (χ3n) is 2.77. The number of halogens is 1. The van der Waals surface area contributed by atoms with Crippen LogP contribution in [0.25, 0.3) is 0 Å². The molecule has 1 aromatic rings. The van der Waals surface area contributed by atoms with E-state index in [4.69, 9.17) is 5.11 Å². The molecule has 1 heterocycles. The molecule has 0 bridgehead atoms. The lowest BCUT2D eigenvalue weighted by molar-refractivity contribution is -0.149. The zero-order valence-electron chi connectivity index (χ0n) is 8.40. The van der Waals surface area contributed by atoms with Gasteiger partial charge in [-0.15, -0.1) is 0 Å². The van der Waals surface area contributed by atoms with Crippen molar-refractivity contribution in [3.8, 4) is 0 Å². The van der Waals surface area contributed by atoms with Crippen molar-refractivity contribution in [3.05, 3.63) is 28.7 Å². The van der Waals surface area contributed by atoms with Gasteiger partial charge in [0.2, 0.25) is 0 Å². The standard InChI is InChI=1S/C11H12BrNO2/c1-11(10(14)15)6-13(7-11)9-4-2-3-8(12)5-9/h2-5H,6-7H2,1H3,(H,14,15). The van der Waals surface area contributed by atoms with Crippen molar-refractivity contribution in [2.45, 2.75) is 6.92 Å². The minimum Gasteiger partial charge on any atom is -0.481 e. The summed E-state index contributed by atoms with van der Waals surface area (Å²) < 4.78 is 1.02. The topological polar surface area (TPSA) is 40.5 Å². The Morgan fingerprint density at radius 3 is 2.73 bits per heavy atom. The highest BCUT2D eigenvalue weighted by atomic mass is 79.9. The smallest absolute Gasteiger partial charge is 0.312 e. The molecule has 3 nitrogen and oxygen atoms in total. The van der Waals surface area contributed by atoms with Gasteiger partial charge in [0.1, 0.15) is 0 Å². The first-order chi connectivity index (χ1) is 7.01. The first-order valence-electron chi connectivity index (χ1n) is 4.75. The molecule has 0 unspecified atom stereocenters. The highest BCUT2D eigenvalue weighted by Gasteiger charge is 2.45. The molecule has 0 saturated carbocycles. The molecule has 1 aromatic carbocycles. The predicted octanol–water partition coefficient (Wildman–Crippen LogP) is 2.36. The molecule has 0 aliphatic carbocycles. The van der Waals surface area contributed by atoms with Crippen LogP contribution in [0.2, 0.25) is 0 Å². The Balaban J connectivity index is 2.09. The van der Waals surface area contributed by atoms with Crippen molar-refractivity contribution in [3.63, 3.8) is 0 Å². The van der Waals surface area contributed by atoms with E-state index in [0.29, 0.717) is 13.1 Å². The molecular formula is C11H12BrNO2. The number of hydrogen-bond donors (Lipinski definition) is 1. The maximum absolute atomic E-state index is 10.9. The minimum absolute atomic E-state index is 0.581. The number of carboxylic acids is 1. The van der Waals surface area contributed by atoms with Gasteiger partial charge in [-0.1, -0.05) is 22.0 Å². The number of carbonyl (C=O) groups is 1. The van der Waals surface area contributed by atoms with Crippen LogP contribution in [0.1, 0.15) is 6.92 Å². The zero-order valence-corrected chi connectivity index (χ0v) is 9.99. The van der Waals surface area contributed by atoms with Crippen LogP contribution in [-0.4, -0.2) is 24.2 Å². The highest BCUT2D eigenvalue weighted by molar-refractivity contribution is 9.10. The molecule has 0 aromatic heterocycles. The number of hydrogen-bond acceptors (Lipinski definition) is 2. The Morgan fingerprint density at radius 1 is 1.53 bits per heavy atom. The van der Waals surface area contributed by atoms with E-state index < -0.39 is 11.4 Å². The molecule has 1 N–H and O–H groups in total. The maximum atomic E-state index is 10.9. The van der Waals surface area contributed by atoms with Gasteiger partial charge >= 0.3 is 5.97 Å². The minimum atomic E-state index is -0.714. The number of rotatable bonds is 2. The van der Waals surface area contributed by atoms with Crippen LogP contribution in [0.5, 0.6) is 0 Å². The van der Waals surface area contributed by atoms with Crippen molar-refractivity contribution in [2.24, 2.45) is 5.41 Å². The van der Waals surface area contributed by atoms with E-state index in [9.17, 15) is 4.79 Å². The molecule has 4 heteroatoms. The van der Waals surface area contributed by atoms with Gasteiger partial charge in [-0.25, -0.2) is 0 Å². The molecule has 0 amide bonds. The van der Waals surface area contributed by atoms with E-state index in [2.05, 4.69) is 20.8 Å². The highest BCUT2D eigenvalue weighted by Crippen LogP contribution is 2.35. The number of nitrogens with zero attached hydrogens (tertiary/aromatic N) is 1. The molecule has 2 rings (SSSR count). The van der Waals surface area contributed by atoms with Crippen molar-refractivity contribution < 1.29 is 9.90 Å². The Kier molecular flexibility index (Phi) is 2.46. The van der Waals surface area contributed by atoms with Crippen LogP contribution in [-0.2, 0) is 4.79 Å². The Hall–Kier alpha value is -1.03. The second kappa shape index (κ2) is 3.52. The van der Waals surface area contributed by atoms with Crippen LogP contribution < -0.4 is 4.90 Å². The summed E-state index contributed by atoms with van der Waals surface area (Å²) in [6.07, 6.45) is 0. The van der Waals surface area contributed by atoms with E-state index in [1.165, 1.54) is 0 Å². The summed E-state index contributed by atoms with van der Waals surface area (Å²) in [7, 11) is 0. The fourth-order valence-corrected chi connectivity index (χ4v) is 2.17. The van der Waals surface area contributed by atoms with E-state index >= 15 is 0 Å². The molecule has 1 fully saturated rings. The summed E-state index contributed by atoms with van der Waals surface area (Å²) in [5, 5.41) is 8.98. The molecule has 0 radical (unpaired) electrons. The number of carboxylic acid groups (broad SMARTS) is 1.